The minimum absolute atomic E-state index is 0.0419. The predicted octanol–water partition coefficient (Wildman–Crippen LogP) is 3.84. The molecule has 2 aromatic carbocycles. The molecular formula is C23H25N5OS. The molecule has 2 heterocycles. The summed E-state index contributed by atoms with van der Waals surface area (Å²) in [6.07, 6.45) is 3.40. The molecule has 1 amide bonds. The first-order chi connectivity index (χ1) is 14.7. The molecule has 30 heavy (non-hydrogen) atoms. The first-order valence-corrected chi connectivity index (χ1v) is 11.0. The number of hydrogen-bond acceptors (Lipinski definition) is 6. The van der Waals surface area contributed by atoms with Crippen LogP contribution in [0.3, 0.4) is 0 Å². The van der Waals surface area contributed by atoms with Crippen LogP contribution in [-0.4, -0.2) is 47.8 Å². The maximum absolute atomic E-state index is 12.4. The SMILES string of the molecule is Cc1ccccc1NC(=O)CSc1nccnc1N1CCN(c2ccccc2)CC1. The zero-order valence-corrected chi connectivity index (χ0v) is 17.8. The number of aryl methyl sites for hydroxylation is 1. The summed E-state index contributed by atoms with van der Waals surface area (Å²) in [5, 5.41) is 3.77. The number of benzene rings is 2. The third-order valence-electron chi connectivity index (χ3n) is 5.11. The van der Waals surface area contributed by atoms with Crippen LogP contribution in [0.15, 0.2) is 72.0 Å². The number of anilines is 3. The highest BCUT2D eigenvalue weighted by Crippen LogP contribution is 2.27. The van der Waals surface area contributed by atoms with E-state index >= 15 is 0 Å². The first-order valence-electron chi connectivity index (χ1n) is 10.0. The molecule has 0 unspecified atom stereocenters. The number of nitrogens with zero attached hydrogens (tertiary/aromatic N) is 4. The minimum Gasteiger partial charge on any atom is -0.368 e. The van der Waals surface area contributed by atoms with Gasteiger partial charge in [0.1, 0.15) is 5.03 Å². The molecule has 0 bridgehead atoms. The van der Waals surface area contributed by atoms with Crippen molar-refractivity contribution in [1.29, 1.82) is 0 Å². The molecule has 3 aromatic rings. The van der Waals surface area contributed by atoms with Crippen LogP contribution in [0, 0.1) is 6.92 Å². The second-order valence-electron chi connectivity index (χ2n) is 7.15. The number of amides is 1. The third-order valence-corrected chi connectivity index (χ3v) is 6.07. The Morgan fingerprint density at radius 2 is 1.60 bits per heavy atom. The highest BCUT2D eigenvalue weighted by molar-refractivity contribution is 8.00. The fourth-order valence-electron chi connectivity index (χ4n) is 3.49. The van der Waals surface area contributed by atoms with Crippen molar-refractivity contribution in [2.45, 2.75) is 11.9 Å². The Kier molecular flexibility index (Phi) is 6.49. The van der Waals surface area contributed by atoms with Gasteiger partial charge < -0.3 is 15.1 Å². The molecule has 1 fully saturated rings. The quantitative estimate of drug-likeness (QED) is 0.613. The molecule has 1 aliphatic heterocycles. The summed E-state index contributed by atoms with van der Waals surface area (Å²) in [6.45, 7) is 5.59. The summed E-state index contributed by atoms with van der Waals surface area (Å²) in [6, 6.07) is 18.3. The van der Waals surface area contributed by atoms with Crippen LogP contribution in [-0.2, 0) is 4.79 Å². The number of aromatic nitrogens is 2. The summed E-state index contributed by atoms with van der Waals surface area (Å²) in [5.41, 5.74) is 3.14. The summed E-state index contributed by atoms with van der Waals surface area (Å²) < 4.78 is 0. The summed E-state index contributed by atoms with van der Waals surface area (Å²) >= 11 is 1.43. The molecule has 6 nitrogen and oxygen atoms in total. The maximum atomic E-state index is 12.4. The standard InChI is InChI=1S/C23H25N5OS/c1-18-7-5-6-10-20(18)26-21(29)17-30-23-22(24-11-12-25-23)28-15-13-27(14-16-28)19-8-3-2-4-9-19/h2-12H,13-17H2,1H3,(H,26,29). The van der Waals surface area contributed by atoms with Gasteiger partial charge in [-0.1, -0.05) is 48.2 Å². The molecule has 0 spiro atoms. The van der Waals surface area contributed by atoms with Gasteiger partial charge in [-0.3, -0.25) is 4.79 Å². The molecule has 0 atom stereocenters. The summed E-state index contributed by atoms with van der Waals surface area (Å²) in [4.78, 5) is 26.1. The lowest BCUT2D eigenvalue weighted by Crippen LogP contribution is -2.47. The number of piperazine rings is 1. The molecule has 4 rings (SSSR count). The average molecular weight is 420 g/mol. The monoisotopic (exact) mass is 419 g/mol. The summed E-state index contributed by atoms with van der Waals surface area (Å²) in [7, 11) is 0. The van der Waals surface area contributed by atoms with E-state index in [1.165, 1.54) is 17.4 Å². The van der Waals surface area contributed by atoms with Gasteiger partial charge in [-0.05, 0) is 30.7 Å². The maximum Gasteiger partial charge on any atom is 0.234 e. The van der Waals surface area contributed by atoms with Crippen molar-refractivity contribution < 1.29 is 4.79 Å². The smallest absolute Gasteiger partial charge is 0.234 e. The predicted molar refractivity (Wildman–Crippen MR) is 123 cm³/mol. The fraction of sp³-hybridized carbons (Fsp3) is 0.261. The summed E-state index contributed by atoms with van der Waals surface area (Å²) in [5.74, 6) is 1.11. The van der Waals surface area contributed by atoms with Gasteiger partial charge in [-0.2, -0.15) is 0 Å². The molecule has 1 aliphatic rings. The van der Waals surface area contributed by atoms with Gasteiger partial charge in [0.2, 0.25) is 5.91 Å². The largest absolute Gasteiger partial charge is 0.368 e. The number of hydrogen-bond donors (Lipinski definition) is 1. The third kappa shape index (κ3) is 4.91. The first kappa shape index (κ1) is 20.2. The Morgan fingerprint density at radius 3 is 2.37 bits per heavy atom. The van der Waals surface area contributed by atoms with Crippen molar-refractivity contribution in [3.8, 4) is 0 Å². The molecular weight excluding hydrogens is 394 g/mol. The second-order valence-corrected chi connectivity index (χ2v) is 8.11. The Balaban J connectivity index is 1.36. The van der Waals surface area contributed by atoms with E-state index in [-0.39, 0.29) is 5.91 Å². The highest BCUT2D eigenvalue weighted by atomic mass is 32.2. The van der Waals surface area contributed by atoms with E-state index in [9.17, 15) is 4.79 Å². The van der Waals surface area contributed by atoms with E-state index in [0.29, 0.717) is 5.75 Å². The van der Waals surface area contributed by atoms with Crippen LogP contribution in [0.5, 0.6) is 0 Å². The van der Waals surface area contributed by atoms with Crippen LogP contribution < -0.4 is 15.1 Å². The Hall–Kier alpha value is -3.06. The van der Waals surface area contributed by atoms with E-state index in [1.54, 1.807) is 12.4 Å². The van der Waals surface area contributed by atoms with Crippen molar-refractivity contribution in [3.63, 3.8) is 0 Å². The number of rotatable bonds is 6. The zero-order valence-electron chi connectivity index (χ0n) is 17.0. The van der Waals surface area contributed by atoms with Gasteiger partial charge in [-0.25, -0.2) is 9.97 Å². The zero-order chi connectivity index (χ0) is 20.8. The van der Waals surface area contributed by atoms with Crippen LogP contribution in [0.4, 0.5) is 17.2 Å². The fourth-order valence-corrected chi connectivity index (χ4v) is 4.27. The van der Waals surface area contributed by atoms with Crippen molar-refractivity contribution in [2.75, 3.05) is 47.0 Å². The van der Waals surface area contributed by atoms with Gasteiger partial charge in [0, 0.05) is 49.9 Å². The van der Waals surface area contributed by atoms with Crippen LogP contribution in [0.25, 0.3) is 0 Å². The topological polar surface area (TPSA) is 61.4 Å². The van der Waals surface area contributed by atoms with Crippen molar-refractivity contribution in [3.05, 3.63) is 72.6 Å². The lowest BCUT2D eigenvalue weighted by atomic mass is 10.2. The van der Waals surface area contributed by atoms with E-state index in [0.717, 1.165) is 48.3 Å². The van der Waals surface area contributed by atoms with Gasteiger partial charge in [0.25, 0.3) is 0 Å². The van der Waals surface area contributed by atoms with E-state index in [2.05, 4.69) is 49.4 Å². The molecule has 1 N–H and O–H groups in total. The van der Waals surface area contributed by atoms with Crippen molar-refractivity contribution in [1.82, 2.24) is 9.97 Å². The minimum atomic E-state index is -0.0419. The van der Waals surface area contributed by atoms with Crippen molar-refractivity contribution in [2.24, 2.45) is 0 Å². The molecule has 0 saturated carbocycles. The average Bonchev–Trinajstić information content (AvgIpc) is 2.80. The van der Waals surface area contributed by atoms with Gasteiger partial charge in [-0.15, -0.1) is 0 Å². The van der Waals surface area contributed by atoms with E-state index in [4.69, 9.17) is 0 Å². The highest BCUT2D eigenvalue weighted by Gasteiger charge is 2.21. The molecule has 1 aromatic heterocycles. The number of para-hydroxylation sites is 2. The second kappa shape index (κ2) is 9.63. The van der Waals surface area contributed by atoms with Crippen molar-refractivity contribution >= 4 is 34.9 Å². The molecule has 0 aliphatic carbocycles. The van der Waals surface area contributed by atoms with Crippen LogP contribution in [0.2, 0.25) is 0 Å². The van der Waals surface area contributed by atoms with Crippen LogP contribution >= 0.6 is 11.8 Å². The van der Waals surface area contributed by atoms with Crippen LogP contribution in [0.1, 0.15) is 5.56 Å². The normalized spacial score (nSPS) is 13.9. The lowest BCUT2D eigenvalue weighted by molar-refractivity contribution is -0.113. The lowest BCUT2D eigenvalue weighted by Gasteiger charge is -2.37. The van der Waals surface area contributed by atoms with Gasteiger partial charge in [0.05, 0.1) is 5.75 Å². The number of thioether (sulfide) groups is 1. The van der Waals surface area contributed by atoms with E-state index < -0.39 is 0 Å². The van der Waals surface area contributed by atoms with Gasteiger partial charge >= 0.3 is 0 Å². The Labute approximate surface area is 181 Å². The van der Waals surface area contributed by atoms with E-state index in [1.807, 2.05) is 37.3 Å². The number of nitrogens with one attached hydrogen (secondary N) is 1. The Bertz CT molecular complexity index is 990. The molecule has 7 heteroatoms. The molecule has 154 valence electrons. The number of carbonyl (C=O) groups excluding carboxylic acids is 1. The molecule has 1 saturated heterocycles. The van der Waals surface area contributed by atoms with Gasteiger partial charge in [0.15, 0.2) is 5.82 Å². The number of carbonyl (C=O) groups is 1. The Morgan fingerprint density at radius 1 is 0.933 bits per heavy atom. The molecule has 0 radical (unpaired) electrons.